The van der Waals surface area contributed by atoms with Gasteiger partial charge >= 0.3 is 0 Å². The molecule has 2 aliphatic heterocycles. The molecule has 0 bridgehead atoms. The molecule has 21 heavy (non-hydrogen) atoms. The summed E-state index contributed by atoms with van der Waals surface area (Å²) in [7, 11) is 0. The number of nitrogens with one attached hydrogen (secondary N) is 1. The largest absolute Gasteiger partial charge is 0.381 e. The second-order valence-electron chi connectivity index (χ2n) is 7.36. The molecule has 1 aromatic carbocycles. The van der Waals surface area contributed by atoms with Crippen molar-refractivity contribution >= 4 is 11.3 Å². The lowest BCUT2D eigenvalue weighted by Crippen LogP contribution is -2.88. The van der Waals surface area contributed by atoms with E-state index in [2.05, 4.69) is 60.9 Å². The Bertz CT molecular complexity index is 624. The summed E-state index contributed by atoms with van der Waals surface area (Å²) in [6, 6.07) is 7.73. The Balaban J connectivity index is 1.74. The van der Waals surface area contributed by atoms with Gasteiger partial charge in [-0.25, -0.2) is 0 Å². The molecule has 0 amide bonds. The van der Waals surface area contributed by atoms with Gasteiger partial charge in [-0.1, -0.05) is 38.1 Å². The van der Waals surface area contributed by atoms with E-state index in [1.807, 2.05) is 0 Å². The van der Waals surface area contributed by atoms with E-state index < -0.39 is 0 Å². The van der Waals surface area contributed by atoms with Crippen LogP contribution >= 0.6 is 0 Å². The van der Waals surface area contributed by atoms with Crippen molar-refractivity contribution in [1.29, 1.82) is 0 Å². The Hall–Kier alpha value is -1.54. The zero-order chi connectivity index (χ0) is 14.4. The molecule has 3 aliphatic rings. The fourth-order valence-corrected chi connectivity index (χ4v) is 4.19. The second kappa shape index (κ2) is 4.74. The van der Waals surface area contributed by atoms with E-state index in [9.17, 15) is 0 Å². The first kappa shape index (κ1) is 13.1. The van der Waals surface area contributed by atoms with E-state index in [1.165, 1.54) is 36.3 Å². The van der Waals surface area contributed by atoms with Crippen molar-refractivity contribution in [3.63, 3.8) is 0 Å². The predicted molar refractivity (Wildman–Crippen MR) is 88.4 cm³/mol. The van der Waals surface area contributed by atoms with Crippen molar-refractivity contribution < 1.29 is 5.32 Å². The Morgan fingerprint density at radius 3 is 3.05 bits per heavy atom. The van der Waals surface area contributed by atoms with Gasteiger partial charge in [0.2, 0.25) is 0 Å². The lowest BCUT2D eigenvalue weighted by molar-refractivity contribution is -0.664. The van der Waals surface area contributed by atoms with Crippen LogP contribution < -0.4 is 10.6 Å². The highest BCUT2D eigenvalue weighted by Gasteiger charge is 2.36. The number of rotatable bonds is 1. The first-order valence-electron chi connectivity index (χ1n) is 8.25. The monoisotopic (exact) mass is 281 g/mol. The fourth-order valence-electron chi connectivity index (χ4n) is 4.19. The minimum Gasteiger partial charge on any atom is -0.381 e. The Labute approximate surface area is 127 Å². The molecule has 2 heteroatoms. The molecule has 2 atom stereocenters. The summed E-state index contributed by atoms with van der Waals surface area (Å²) in [6.45, 7) is 7.20. The van der Waals surface area contributed by atoms with Crippen molar-refractivity contribution in [2.75, 3.05) is 18.4 Å². The molecule has 2 nitrogen and oxygen atoms in total. The molecule has 1 fully saturated rings. The van der Waals surface area contributed by atoms with Gasteiger partial charge in [-0.2, -0.15) is 0 Å². The SMILES string of the molecule is CC1(C)CC=CC=C1c1ccc2c(c1)C1C[NH2+]CCC1N2. The topological polar surface area (TPSA) is 28.6 Å². The molecule has 1 aromatic rings. The van der Waals surface area contributed by atoms with E-state index in [-0.39, 0.29) is 5.41 Å². The summed E-state index contributed by atoms with van der Waals surface area (Å²) in [5.74, 6) is 0.691. The highest BCUT2D eigenvalue weighted by molar-refractivity contribution is 5.76. The number of nitrogens with two attached hydrogens (primary N) is 1. The lowest BCUT2D eigenvalue weighted by Gasteiger charge is -2.30. The van der Waals surface area contributed by atoms with Gasteiger partial charge in [0, 0.05) is 18.2 Å². The number of hydrogen-bond acceptors (Lipinski definition) is 1. The maximum absolute atomic E-state index is 3.73. The Morgan fingerprint density at radius 1 is 1.29 bits per heavy atom. The lowest BCUT2D eigenvalue weighted by atomic mass is 9.74. The summed E-state index contributed by atoms with van der Waals surface area (Å²) in [4.78, 5) is 0. The van der Waals surface area contributed by atoms with Crippen molar-refractivity contribution in [3.05, 3.63) is 47.6 Å². The highest BCUT2D eigenvalue weighted by atomic mass is 15.0. The van der Waals surface area contributed by atoms with E-state index >= 15 is 0 Å². The average Bonchev–Trinajstić information content (AvgIpc) is 2.84. The van der Waals surface area contributed by atoms with Crippen LogP contribution in [0, 0.1) is 5.41 Å². The van der Waals surface area contributed by atoms with Gasteiger partial charge in [0.05, 0.1) is 19.0 Å². The number of benzene rings is 1. The number of hydrogen-bond donors (Lipinski definition) is 2. The van der Waals surface area contributed by atoms with Crippen LogP contribution in [0.4, 0.5) is 5.69 Å². The molecule has 2 heterocycles. The van der Waals surface area contributed by atoms with Crippen molar-refractivity contribution in [3.8, 4) is 0 Å². The molecule has 110 valence electrons. The van der Waals surface area contributed by atoms with Crippen molar-refractivity contribution in [2.45, 2.75) is 38.6 Å². The first-order valence-corrected chi connectivity index (χ1v) is 8.25. The van der Waals surface area contributed by atoms with Crippen molar-refractivity contribution in [1.82, 2.24) is 0 Å². The third-order valence-electron chi connectivity index (χ3n) is 5.45. The molecule has 1 saturated heterocycles. The quantitative estimate of drug-likeness (QED) is 0.814. The zero-order valence-electron chi connectivity index (χ0n) is 13.0. The summed E-state index contributed by atoms with van der Waals surface area (Å²) >= 11 is 0. The van der Waals surface area contributed by atoms with Crippen LogP contribution in [0.15, 0.2) is 36.4 Å². The Kier molecular flexibility index (Phi) is 2.97. The summed E-state index contributed by atoms with van der Waals surface area (Å²) in [5.41, 5.74) is 6.05. The van der Waals surface area contributed by atoms with Crippen LogP contribution in [-0.2, 0) is 0 Å². The first-order chi connectivity index (χ1) is 10.1. The van der Waals surface area contributed by atoms with Gasteiger partial charge in [-0.3, -0.25) is 0 Å². The van der Waals surface area contributed by atoms with E-state index in [1.54, 1.807) is 5.56 Å². The molecule has 4 rings (SSSR count). The van der Waals surface area contributed by atoms with Gasteiger partial charge in [-0.15, -0.1) is 0 Å². The predicted octanol–water partition coefficient (Wildman–Crippen LogP) is 2.90. The zero-order valence-corrected chi connectivity index (χ0v) is 13.0. The van der Waals surface area contributed by atoms with E-state index in [0.717, 1.165) is 6.42 Å². The smallest absolute Gasteiger partial charge is 0.0845 e. The minimum absolute atomic E-state index is 0.243. The molecule has 0 radical (unpaired) electrons. The van der Waals surface area contributed by atoms with Crippen LogP contribution in [0.1, 0.15) is 43.7 Å². The maximum Gasteiger partial charge on any atom is 0.0845 e. The van der Waals surface area contributed by atoms with Gasteiger partial charge in [0.15, 0.2) is 0 Å². The number of quaternary nitrogens is 1. The summed E-state index contributed by atoms with van der Waals surface area (Å²) in [6.07, 6.45) is 9.21. The van der Waals surface area contributed by atoms with Crippen molar-refractivity contribution in [2.24, 2.45) is 5.41 Å². The van der Waals surface area contributed by atoms with Gasteiger partial charge in [0.1, 0.15) is 0 Å². The Morgan fingerprint density at radius 2 is 2.19 bits per heavy atom. The number of allylic oxidation sites excluding steroid dienone is 4. The highest BCUT2D eigenvalue weighted by Crippen LogP contribution is 2.44. The number of piperidine rings is 1. The summed E-state index contributed by atoms with van der Waals surface area (Å²) < 4.78 is 0. The molecular formula is C19H25N2+. The van der Waals surface area contributed by atoms with Crippen LogP contribution in [0.3, 0.4) is 0 Å². The molecule has 0 spiro atoms. The molecule has 1 aliphatic carbocycles. The van der Waals surface area contributed by atoms with Crippen LogP contribution in [0.25, 0.3) is 5.57 Å². The fraction of sp³-hybridized carbons (Fsp3) is 0.474. The maximum atomic E-state index is 3.73. The summed E-state index contributed by atoms with van der Waals surface area (Å²) in [5, 5.41) is 6.20. The molecular weight excluding hydrogens is 256 g/mol. The number of anilines is 1. The normalized spacial score (nSPS) is 29.3. The minimum atomic E-state index is 0.243. The molecule has 2 unspecified atom stereocenters. The van der Waals surface area contributed by atoms with E-state index in [4.69, 9.17) is 0 Å². The molecule has 3 N–H and O–H groups in total. The molecule has 0 aromatic heterocycles. The second-order valence-corrected chi connectivity index (χ2v) is 7.36. The van der Waals surface area contributed by atoms with Gasteiger partial charge in [0.25, 0.3) is 0 Å². The third kappa shape index (κ3) is 2.13. The third-order valence-corrected chi connectivity index (χ3v) is 5.45. The van der Waals surface area contributed by atoms with Gasteiger partial charge in [-0.05, 0) is 40.7 Å². The number of fused-ring (bicyclic) bond motifs is 3. The van der Waals surface area contributed by atoms with Gasteiger partial charge < -0.3 is 10.6 Å². The van der Waals surface area contributed by atoms with Crippen LogP contribution in [0.2, 0.25) is 0 Å². The van der Waals surface area contributed by atoms with E-state index in [0.29, 0.717) is 12.0 Å². The van der Waals surface area contributed by atoms with Crippen LogP contribution in [0.5, 0.6) is 0 Å². The standard InChI is InChI=1S/C19H24N2/c1-19(2)9-4-3-5-16(19)13-6-7-17-14(11-13)15-12-20-10-8-18(15)21-17/h3-7,11,15,18,20-21H,8-10,12H2,1-2H3/p+1. The van der Waals surface area contributed by atoms with Crippen LogP contribution in [-0.4, -0.2) is 19.1 Å². The average molecular weight is 281 g/mol. The molecule has 0 saturated carbocycles.